The molecule has 0 aliphatic heterocycles. The number of hydrogen-bond donors (Lipinski definition) is 1. The van der Waals surface area contributed by atoms with E-state index in [0.717, 1.165) is 13.1 Å². The first kappa shape index (κ1) is 14.5. The van der Waals surface area contributed by atoms with Crippen LogP contribution in [0.3, 0.4) is 0 Å². The highest BCUT2D eigenvalue weighted by Gasteiger charge is 2.17. The Morgan fingerprint density at radius 3 is 2.39 bits per heavy atom. The van der Waals surface area contributed by atoms with E-state index in [1.165, 1.54) is 0 Å². The Morgan fingerprint density at radius 1 is 1.28 bits per heavy atom. The quantitative estimate of drug-likeness (QED) is 0.829. The molecular weight excluding hydrogens is 250 g/mol. The number of nitrogens with one attached hydrogen (secondary N) is 1. The van der Waals surface area contributed by atoms with E-state index in [1.807, 2.05) is 32.6 Å². The second-order valence-electron chi connectivity index (χ2n) is 4.29. The van der Waals surface area contributed by atoms with Gasteiger partial charge in [0.2, 0.25) is 17.2 Å². The Bertz CT molecular complexity index is 448. The SMILES string of the molecule is C#CC(C)(C)Nc1nc(Cl)nc(N(CC)CC)n1. The van der Waals surface area contributed by atoms with Crippen molar-refractivity contribution in [2.75, 3.05) is 23.3 Å². The minimum absolute atomic E-state index is 0.155. The second kappa shape index (κ2) is 5.87. The third-order valence-electron chi connectivity index (χ3n) is 2.43. The van der Waals surface area contributed by atoms with Gasteiger partial charge in [-0.1, -0.05) is 5.92 Å². The van der Waals surface area contributed by atoms with Crippen LogP contribution in [0.5, 0.6) is 0 Å². The maximum Gasteiger partial charge on any atom is 0.231 e. The van der Waals surface area contributed by atoms with Crippen LogP contribution in [0.2, 0.25) is 5.28 Å². The zero-order valence-electron chi connectivity index (χ0n) is 11.2. The topological polar surface area (TPSA) is 53.9 Å². The van der Waals surface area contributed by atoms with Gasteiger partial charge >= 0.3 is 0 Å². The van der Waals surface area contributed by atoms with E-state index in [0.29, 0.717) is 11.9 Å². The van der Waals surface area contributed by atoms with Crippen LogP contribution in [0.4, 0.5) is 11.9 Å². The molecule has 0 radical (unpaired) electrons. The largest absolute Gasteiger partial charge is 0.341 e. The van der Waals surface area contributed by atoms with Crippen molar-refractivity contribution >= 4 is 23.5 Å². The average Bonchev–Trinajstić information content (AvgIpc) is 2.29. The van der Waals surface area contributed by atoms with Crippen LogP contribution >= 0.6 is 11.6 Å². The third-order valence-corrected chi connectivity index (χ3v) is 2.60. The zero-order valence-corrected chi connectivity index (χ0v) is 11.9. The normalized spacial score (nSPS) is 10.9. The second-order valence-corrected chi connectivity index (χ2v) is 4.63. The van der Waals surface area contributed by atoms with Gasteiger partial charge in [0.05, 0.1) is 5.54 Å². The molecule has 1 aromatic rings. The lowest BCUT2D eigenvalue weighted by molar-refractivity contribution is 0.722. The molecule has 0 spiro atoms. The number of aromatic nitrogens is 3. The van der Waals surface area contributed by atoms with Crippen molar-refractivity contribution < 1.29 is 0 Å². The third kappa shape index (κ3) is 3.74. The van der Waals surface area contributed by atoms with E-state index in [1.54, 1.807) is 0 Å². The van der Waals surface area contributed by atoms with Crippen molar-refractivity contribution in [2.24, 2.45) is 0 Å². The molecule has 0 aliphatic carbocycles. The summed E-state index contributed by atoms with van der Waals surface area (Å²) in [5.74, 6) is 3.56. The van der Waals surface area contributed by atoms with Gasteiger partial charge in [0, 0.05) is 13.1 Å². The summed E-state index contributed by atoms with van der Waals surface area (Å²) in [5, 5.41) is 3.20. The molecule has 0 aliphatic rings. The lowest BCUT2D eigenvalue weighted by Crippen LogP contribution is -2.31. The Morgan fingerprint density at radius 2 is 1.89 bits per heavy atom. The summed E-state index contributed by atoms with van der Waals surface area (Å²) in [6.07, 6.45) is 5.42. The van der Waals surface area contributed by atoms with E-state index in [4.69, 9.17) is 18.0 Å². The van der Waals surface area contributed by atoms with Gasteiger partial charge in [-0.25, -0.2) is 0 Å². The standard InChI is InChI=1S/C12H18ClN5/c1-6-12(4,5)17-10-14-9(13)15-11(16-10)18(7-2)8-3/h1H,7-8H2,2-5H3,(H,14,15,16,17). The van der Waals surface area contributed by atoms with Crippen molar-refractivity contribution in [3.05, 3.63) is 5.28 Å². The van der Waals surface area contributed by atoms with Crippen molar-refractivity contribution in [1.29, 1.82) is 0 Å². The van der Waals surface area contributed by atoms with Crippen molar-refractivity contribution in [1.82, 2.24) is 15.0 Å². The van der Waals surface area contributed by atoms with Crippen molar-refractivity contribution in [3.63, 3.8) is 0 Å². The summed E-state index contributed by atoms with van der Waals surface area (Å²) in [6.45, 7) is 9.38. The molecule has 0 unspecified atom stereocenters. The van der Waals surface area contributed by atoms with Gasteiger partial charge in [0.1, 0.15) is 0 Å². The Labute approximate surface area is 113 Å². The molecule has 0 fully saturated rings. The lowest BCUT2D eigenvalue weighted by atomic mass is 10.1. The minimum atomic E-state index is -0.536. The molecule has 6 heteroatoms. The molecule has 5 nitrogen and oxygen atoms in total. The lowest BCUT2D eigenvalue weighted by Gasteiger charge is -2.22. The van der Waals surface area contributed by atoms with E-state index < -0.39 is 5.54 Å². The zero-order chi connectivity index (χ0) is 13.8. The van der Waals surface area contributed by atoms with Gasteiger partial charge in [-0.15, -0.1) is 6.42 Å². The summed E-state index contributed by atoms with van der Waals surface area (Å²) in [6, 6.07) is 0. The summed E-state index contributed by atoms with van der Waals surface area (Å²) < 4.78 is 0. The molecule has 0 amide bonds. The molecule has 98 valence electrons. The Hall–Kier alpha value is -1.54. The monoisotopic (exact) mass is 267 g/mol. The van der Waals surface area contributed by atoms with Gasteiger partial charge in [0.15, 0.2) is 0 Å². The first-order valence-electron chi connectivity index (χ1n) is 5.84. The van der Waals surface area contributed by atoms with Crippen LogP contribution in [-0.4, -0.2) is 33.6 Å². The van der Waals surface area contributed by atoms with Crippen LogP contribution in [-0.2, 0) is 0 Å². The van der Waals surface area contributed by atoms with Crippen LogP contribution < -0.4 is 10.2 Å². The average molecular weight is 268 g/mol. The molecule has 0 saturated carbocycles. The molecule has 1 aromatic heterocycles. The maximum atomic E-state index is 5.90. The first-order valence-corrected chi connectivity index (χ1v) is 6.22. The molecule has 0 bridgehead atoms. The van der Waals surface area contributed by atoms with Crippen LogP contribution in [0, 0.1) is 12.3 Å². The smallest absolute Gasteiger partial charge is 0.231 e. The summed E-state index contributed by atoms with van der Waals surface area (Å²) in [7, 11) is 0. The number of halogens is 1. The van der Waals surface area contributed by atoms with E-state index in [-0.39, 0.29) is 5.28 Å². The van der Waals surface area contributed by atoms with Gasteiger partial charge in [-0.2, -0.15) is 15.0 Å². The number of hydrogen-bond acceptors (Lipinski definition) is 5. The van der Waals surface area contributed by atoms with E-state index >= 15 is 0 Å². The van der Waals surface area contributed by atoms with Crippen molar-refractivity contribution in [2.45, 2.75) is 33.2 Å². The van der Waals surface area contributed by atoms with Crippen LogP contribution in [0.15, 0.2) is 0 Å². The van der Waals surface area contributed by atoms with Gasteiger partial charge in [-0.3, -0.25) is 0 Å². The molecular formula is C12H18ClN5. The number of rotatable bonds is 5. The highest BCUT2D eigenvalue weighted by molar-refractivity contribution is 6.28. The number of terminal acetylenes is 1. The molecule has 1 heterocycles. The molecule has 1 N–H and O–H groups in total. The molecule has 0 aromatic carbocycles. The summed E-state index contributed by atoms with van der Waals surface area (Å²) in [4.78, 5) is 14.4. The van der Waals surface area contributed by atoms with Gasteiger partial charge < -0.3 is 10.2 Å². The van der Waals surface area contributed by atoms with Crippen LogP contribution in [0.1, 0.15) is 27.7 Å². The van der Waals surface area contributed by atoms with Crippen LogP contribution in [0.25, 0.3) is 0 Å². The predicted molar refractivity (Wildman–Crippen MR) is 74.9 cm³/mol. The van der Waals surface area contributed by atoms with E-state index in [9.17, 15) is 0 Å². The predicted octanol–water partition coefficient (Wildman–Crippen LogP) is 2.19. The van der Waals surface area contributed by atoms with Gasteiger partial charge in [0.25, 0.3) is 0 Å². The fourth-order valence-electron chi connectivity index (χ4n) is 1.36. The maximum absolute atomic E-state index is 5.90. The van der Waals surface area contributed by atoms with Crippen molar-refractivity contribution in [3.8, 4) is 12.3 Å². The Kier molecular flexibility index (Phi) is 4.74. The molecule has 18 heavy (non-hydrogen) atoms. The summed E-state index contributed by atoms with van der Waals surface area (Å²) in [5.41, 5.74) is -0.536. The number of nitrogens with zero attached hydrogens (tertiary/aromatic N) is 4. The highest BCUT2D eigenvalue weighted by Crippen LogP contribution is 2.16. The summed E-state index contributed by atoms with van der Waals surface area (Å²) >= 11 is 5.90. The molecule has 1 rings (SSSR count). The highest BCUT2D eigenvalue weighted by atomic mass is 35.5. The Balaban J connectivity index is 3.05. The first-order chi connectivity index (χ1) is 8.41. The fourth-order valence-corrected chi connectivity index (χ4v) is 1.51. The minimum Gasteiger partial charge on any atom is -0.341 e. The molecule has 0 atom stereocenters. The fraction of sp³-hybridized carbons (Fsp3) is 0.583. The molecule has 0 saturated heterocycles. The van der Waals surface area contributed by atoms with Gasteiger partial charge in [-0.05, 0) is 39.3 Å². The number of anilines is 2. The van der Waals surface area contributed by atoms with E-state index in [2.05, 4.69) is 26.2 Å².